The largest absolute Gasteiger partial charge is 0.352 e. The van der Waals surface area contributed by atoms with Crippen molar-refractivity contribution in [3.05, 3.63) is 42.1 Å². The van der Waals surface area contributed by atoms with Crippen LogP contribution in [0.3, 0.4) is 0 Å². The summed E-state index contributed by atoms with van der Waals surface area (Å²) < 4.78 is 0. The Kier molecular flexibility index (Phi) is 4.35. The normalized spacial score (nSPS) is 11.6. The molecule has 20 heavy (non-hydrogen) atoms. The van der Waals surface area contributed by atoms with Crippen molar-refractivity contribution in [2.45, 2.75) is 20.3 Å². The van der Waals surface area contributed by atoms with Crippen LogP contribution in [0.25, 0.3) is 10.9 Å². The summed E-state index contributed by atoms with van der Waals surface area (Å²) in [5.41, 5.74) is 7.15. The van der Waals surface area contributed by atoms with Gasteiger partial charge in [-0.1, -0.05) is 19.9 Å². The van der Waals surface area contributed by atoms with E-state index in [9.17, 15) is 4.79 Å². The van der Waals surface area contributed by atoms with Gasteiger partial charge in [-0.2, -0.15) is 0 Å². The first-order valence-corrected chi connectivity index (χ1v) is 6.85. The Balaban J connectivity index is 2.08. The molecule has 0 aliphatic rings. The number of rotatable bonds is 5. The second-order valence-corrected chi connectivity index (χ2v) is 5.80. The zero-order chi connectivity index (χ0) is 14.6. The summed E-state index contributed by atoms with van der Waals surface area (Å²) in [6, 6.07) is 9.37. The maximum absolute atomic E-state index is 12.2. The van der Waals surface area contributed by atoms with Crippen molar-refractivity contribution >= 4 is 16.8 Å². The lowest BCUT2D eigenvalue weighted by Crippen LogP contribution is -2.35. The minimum atomic E-state index is -0.0548. The van der Waals surface area contributed by atoms with Crippen LogP contribution in [0.15, 0.2) is 36.5 Å². The van der Waals surface area contributed by atoms with Gasteiger partial charge in [0.05, 0.1) is 5.52 Å². The lowest BCUT2D eigenvalue weighted by molar-refractivity contribution is 0.0935. The molecule has 0 unspecified atom stereocenters. The minimum Gasteiger partial charge on any atom is -0.352 e. The van der Waals surface area contributed by atoms with Crippen molar-refractivity contribution in [3.63, 3.8) is 0 Å². The molecule has 0 spiro atoms. The van der Waals surface area contributed by atoms with Crippen LogP contribution < -0.4 is 11.1 Å². The fourth-order valence-electron chi connectivity index (χ4n) is 2.12. The number of carbonyl (C=O) groups is 1. The molecule has 4 nitrogen and oxygen atoms in total. The van der Waals surface area contributed by atoms with Crippen molar-refractivity contribution in [1.82, 2.24) is 10.3 Å². The van der Waals surface area contributed by atoms with Gasteiger partial charge in [-0.05, 0) is 42.6 Å². The van der Waals surface area contributed by atoms with Crippen LogP contribution in [-0.2, 0) is 0 Å². The SMILES string of the molecule is CC(C)(CCN)CNC(=O)c1ccc2ncccc2c1. The molecule has 106 valence electrons. The zero-order valence-corrected chi connectivity index (χ0v) is 12.0. The van der Waals surface area contributed by atoms with E-state index in [-0.39, 0.29) is 11.3 Å². The molecular formula is C16H21N3O. The predicted octanol–water partition coefficient (Wildman–Crippen LogP) is 2.34. The van der Waals surface area contributed by atoms with E-state index in [1.165, 1.54) is 0 Å². The number of nitrogens with zero attached hydrogens (tertiary/aromatic N) is 1. The molecule has 0 saturated carbocycles. The van der Waals surface area contributed by atoms with Crippen LogP contribution in [0.4, 0.5) is 0 Å². The highest BCUT2D eigenvalue weighted by Crippen LogP contribution is 2.18. The fraction of sp³-hybridized carbons (Fsp3) is 0.375. The molecule has 2 rings (SSSR count). The molecule has 2 aromatic rings. The Morgan fingerprint density at radius 2 is 2.15 bits per heavy atom. The molecule has 1 aromatic heterocycles. The summed E-state index contributed by atoms with van der Waals surface area (Å²) in [7, 11) is 0. The number of benzene rings is 1. The van der Waals surface area contributed by atoms with Gasteiger partial charge in [-0.25, -0.2) is 0 Å². The number of fused-ring (bicyclic) bond motifs is 1. The second kappa shape index (κ2) is 6.01. The molecule has 1 heterocycles. The molecule has 0 bridgehead atoms. The van der Waals surface area contributed by atoms with Crippen molar-refractivity contribution in [3.8, 4) is 0 Å². The lowest BCUT2D eigenvalue weighted by atomic mass is 9.89. The van der Waals surface area contributed by atoms with Crippen LogP contribution in [0.2, 0.25) is 0 Å². The third kappa shape index (κ3) is 3.54. The first-order valence-electron chi connectivity index (χ1n) is 6.85. The van der Waals surface area contributed by atoms with Crippen molar-refractivity contribution in [2.75, 3.05) is 13.1 Å². The average molecular weight is 271 g/mol. The fourth-order valence-corrected chi connectivity index (χ4v) is 2.12. The number of pyridine rings is 1. The van der Waals surface area contributed by atoms with E-state index in [0.29, 0.717) is 18.7 Å². The number of nitrogens with two attached hydrogens (primary N) is 1. The summed E-state index contributed by atoms with van der Waals surface area (Å²) in [4.78, 5) is 16.4. The van der Waals surface area contributed by atoms with Crippen LogP contribution >= 0.6 is 0 Å². The van der Waals surface area contributed by atoms with E-state index >= 15 is 0 Å². The van der Waals surface area contributed by atoms with E-state index in [1.54, 1.807) is 12.3 Å². The Morgan fingerprint density at radius 1 is 1.35 bits per heavy atom. The number of aromatic nitrogens is 1. The molecule has 1 amide bonds. The van der Waals surface area contributed by atoms with Crippen LogP contribution in [0.1, 0.15) is 30.6 Å². The van der Waals surface area contributed by atoms with E-state index in [0.717, 1.165) is 17.3 Å². The molecule has 0 atom stereocenters. The Morgan fingerprint density at radius 3 is 2.90 bits per heavy atom. The number of nitrogens with one attached hydrogen (secondary N) is 1. The summed E-state index contributed by atoms with van der Waals surface area (Å²) in [5, 5.41) is 3.95. The maximum atomic E-state index is 12.2. The van der Waals surface area contributed by atoms with Gasteiger partial charge < -0.3 is 11.1 Å². The van der Waals surface area contributed by atoms with Crippen LogP contribution in [0.5, 0.6) is 0 Å². The Labute approximate surface area is 119 Å². The van der Waals surface area contributed by atoms with Gasteiger partial charge in [0.25, 0.3) is 5.91 Å². The minimum absolute atomic E-state index is 0.0167. The molecule has 0 radical (unpaired) electrons. The third-order valence-corrected chi connectivity index (χ3v) is 3.41. The van der Waals surface area contributed by atoms with Gasteiger partial charge in [0.15, 0.2) is 0 Å². The number of amides is 1. The number of hydrogen-bond donors (Lipinski definition) is 2. The maximum Gasteiger partial charge on any atom is 0.251 e. The lowest BCUT2D eigenvalue weighted by Gasteiger charge is -2.24. The zero-order valence-electron chi connectivity index (χ0n) is 12.0. The number of hydrogen-bond acceptors (Lipinski definition) is 3. The van der Waals surface area contributed by atoms with E-state index < -0.39 is 0 Å². The number of carbonyl (C=O) groups excluding carboxylic acids is 1. The Hall–Kier alpha value is -1.94. The highest BCUT2D eigenvalue weighted by atomic mass is 16.1. The van der Waals surface area contributed by atoms with Gasteiger partial charge in [-0.3, -0.25) is 9.78 Å². The molecule has 0 fully saturated rings. The van der Waals surface area contributed by atoms with E-state index in [1.807, 2.05) is 24.3 Å². The topological polar surface area (TPSA) is 68.0 Å². The molecular weight excluding hydrogens is 250 g/mol. The van der Waals surface area contributed by atoms with Gasteiger partial charge in [0.2, 0.25) is 0 Å². The van der Waals surface area contributed by atoms with E-state index in [4.69, 9.17) is 5.73 Å². The van der Waals surface area contributed by atoms with Gasteiger partial charge in [-0.15, -0.1) is 0 Å². The summed E-state index contributed by atoms with van der Waals surface area (Å²) >= 11 is 0. The molecule has 0 aliphatic heterocycles. The summed E-state index contributed by atoms with van der Waals surface area (Å²) in [5.74, 6) is -0.0548. The summed E-state index contributed by atoms with van der Waals surface area (Å²) in [6.07, 6.45) is 2.63. The molecule has 0 saturated heterocycles. The Bertz CT molecular complexity index is 607. The molecule has 0 aliphatic carbocycles. The van der Waals surface area contributed by atoms with Crippen LogP contribution in [-0.4, -0.2) is 24.0 Å². The van der Waals surface area contributed by atoms with Crippen molar-refractivity contribution in [2.24, 2.45) is 11.1 Å². The van der Waals surface area contributed by atoms with Gasteiger partial charge in [0.1, 0.15) is 0 Å². The first-order chi connectivity index (χ1) is 9.52. The highest BCUT2D eigenvalue weighted by molar-refractivity contribution is 5.97. The van der Waals surface area contributed by atoms with Crippen molar-refractivity contribution in [1.29, 1.82) is 0 Å². The quantitative estimate of drug-likeness (QED) is 0.877. The first kappa shape index (κ1) is 14.5. The van der Waals surface area contributed by atoms with Crippen LogP contribution in [0, 0.1) is 5.41 Å². The molecule has 1 aromatic carbocycles. The van der Waals surface area contributed by atoms with E-state index in [2.05, 4.69) is 24.1 Å². The second-order valence-electron chi connectivity index (χ2n) is 5.80. The van der Waals surface area contributed by atoms with Gasteiger partial charge >= 0.3 is 0 Å². The predicted molar refractivity (Wildman–Crippen MR) is 81.5 cm³/mol. The highest BCUT2D eigenvalue weighted by Gasteiger charge is 2.18. The standard InChI is InChI=1S/C16H21N3O/c1-16(2,7-8-17)11-19-15(20)13-5-6-14-12(10-13)4-3-9-18-14/h3-6,9-10H,7-8,11,17H2,1-2H3,(H,19,20). The van der Waals surface area contributed by atoms with Gasteiger partial charge in [0, 0.05) is 23.7 Å². The molecule has 4 heteroatoms. The third-order valence-electron chi connectivity index (χ3n) is 3.41. The summed E-state index contributed by atoms with van der Waals surface area (Å²) in [6.45, 7) is 5.45. The molecule has 3 N–H and O–H groups in total. The van der Waals surface area contributed by atoms with Crippen molar-refractivity contribution < 1.29 is 4.79 Å². The smallest absolute Gasteiger partial charge is 0.251 e. The average Bonchev–Trinajstić information content (AvgIpc) is 2.44. The monoisotopic (exact) mass is 271 g/mol.